The van der Waals surface area contributed by atoms with Gasteiger partial charge in [0.25, 0.3) is 0 Å². The molecular weight excluding hydrogens is 252 g/mol. The van der Waals surface area contributed by atoms with Crippen LogP contribution in [0, 0.1) is 0 Å². The number of nitrogens with one attached hydrogen (secondary N) is 1. The predicted molar refractivity (Wildman–Crippen MR) is 71.6 cm³/mol. The highest BCUT2D eigenvalue weighted by atomic mass is 32.2. The number of anilines is 1. The molecule has 0 aliphatic heterocycles. The van der Waals surface area contributed by atoms with Crippen molar-refractivity contribution in [2.75, 3.05) is 31.8 Å². The summed E-state index contributed by atoms with van der Waals surface area (Å²) in [4.78, 5) is 4.32. The number of ether oxygens (including phenoxy) is 1. The lowest BCUT2D eigenvalue weighted by molar-refractivity contribution is 0.192. The summed E-state index contributed by atoms with van der Waals surface area (Å²) < 4.78 is 28.0. The molecule has 0 saturated carbocycles. The van der Waals surface area contributed by atoms with Crippen LogP contribution in [0.2, 0.25) is 0 Å². The first-order chi connectivity index (χ1) is 8.55. The Morgan fingerprint density at radius 3 is 2.78 bits per heavy atom. The molecule has 0 aliphatic rings. The lowest BCUT2D eigenvalue weighted by Gasteiger charge is -2.09. The van der Waals surface area contributed by atoms with Crippen molar-refractivity contribution in [2.45, 2.75) is 24.2 Å². The van der Waals surface area contributed by atoms with Gasteiger partial charge in [0.15, 0.2) is 9.84 Å². The topological polar surface area (TPSA) is 68.3 Å². The molecule has 1 rings (SSSR count). The molecule has 6 heteroatoms. The molecule has 5 nitrogen and oxygen atoms in total. The number of unbranched alkanes of at least 4 members (excludes halogenated alkanes) is 2. The standard InChI is InChI=1S/C12H20N2O3S/c1-17-10-5-3-4-8-13-12-11(18(2,15)16)7-6-9-14-12/h6-7,9H,3-5,8,10H2,1-2H3,(H,13,14). The van der Waals surface area contributed by atoms with Crippen molar-refractivity contribution in [2.24, 2.45) is 0 Å². The molecule has 0 radical (unpaired) electrons. The van der Waals surface area contributed by atoms with Gasteiger partial charge in [0.05, 0.1) is 0 Å². The normalized spacial score (nSPS) is 11.4. The zero-order valence-electron chi connectivity index (χ0n) is 10.8. The molecular formula is C12H20N2O3S. The van der Waals surface area contributed by atoms with Crippen molar-refractivity contribution in [3.63, 3.8) is 0 Å². The SMILES string of the molecule is COCCCCCNc1ncccc1S(C)(=O)=O. The molecule has 0 unspecified atom stereocenters. The maximum Gasteiger partial charge on any atom is 0.179 e. The Hall–Kier alpha value is -1.14. The monoisotopic (exact) mass is 272 g/mol. The van der Waals surface area contributed by atoms with Gasteiger partial charge in [0, 0.05) is 32.7 Å². The number of nitrogens with zero attached hydrogens (tertiary/aromatic N) is 1. The zero-order chi connectivity index (χ0) is 13.4. The van der Waals surface area contributed by atoms with E-state index in [4.69, 9.17) is 4.74 Å². The number of sulfone groups is 1. The molecule has 0 amide bonds. The molecule has 18 heavy (non-hydrogen) atoms. The third-order valence-electron chi connectivity index (χ3n) is 2.49. The number of hydrogen-bond donors (Lipinski definition) is 1. The minimum absolute atomic E-state index is 0.252. The molecule has 0 bridgehead atoms. The van der Waals surface area contributed by atoms with Crippen molar-refractivity contribution in [3.8, 4) is 0 Å². The van der Waals surface area contributed by atoms with Gasteiger partial charge in [0.2, 0.25) is 0 Å². The van der Waals surface area contributed by atoms with Crippen LogP contribution in [-0.2, 0) is 14.6 Å². The molecule has 0 fully saturated rings. The molecule has 1 aromatic heterocycles. The van der Waals surface area contributed by atoms with E-state index >= 15 is 0 Å². The van der Waals surface area contributed by atoms with Crippen LogP contribution in [0.4, 0.5) is 5.82 Å². The van der Waals surface area contributed by atoms with Crippen molar-refractivity contribution >= 4 is 15.7 Å². The predicted octanol–water partition coefficient (Wildman–Crippen LogP) is 1.71. The van der Waals surface area contributed by atoms with Gasteiger partial charge < -0.3 is 10.1 Å². The van der Waals surface area contributed by atoms with Crippen molar-refractivity contribution in [1.29, 1.82) is 0 Å². The fourth-order valence-corrected chi connectivity index (χ4v) is 2.38. The number of rotatable bonds is 8. The van der Waals surface area contributed by atoms with E-state index in [0.29, 0.717) is 12.4 Å². The van der Waals surface area contributed by atoms with Gasteiger partial charge in [-0.25, -0.2) is 13.4 Å². The van der Waals surface area contributed by atoms with Crippen LogP contribution < -0.4 is 5.32 Å². The fraction of sp³-hybridized carbons (Fsp3) is 0.583. The molecule has 0 atom stereocenters. The highest BCUT2D eigenvalue weighted by molar-refractivity contribution is 7.90. The molecule has 1 aromatic rings. The molecule has 102 valence electrons. The average Bonchev–Trinajstić information content (AvgIpc) is 2.33. The minimum Gasteiger partial charge on any atom is -0.385 e. The van der Waals surface area contributed by atoms with E-state index in [1.165, 1.54) is 6.26 Å². The van der Waals surface area contributed by atoms with Crippen molar-refractivity contribution in [3.05, 3.63) is 18.3 Å². The highest BCUT2D eigenvalue weighted by Crippen LogP contribution is 2.17. The molecule has 0 aliphatic carbocycles. The van der Waals surface area contributed by atoms with Gasteiger partial charge in [-0.2, -0.15) is 0 Å². The van der Waals surface area contributed by atoms with Crippen molar-refractivity contribution in [1.82, 2.24) is 4.98 Å². The fourth-order valence-electron chi connectivity index (χ4n) is 1.58. The van der Waals surface area contributed by atoms with E-state index in [1.54, 1.807) is 25.4 Å². The van der Waals surface area contributed by atoms with Crippen LogP contribution in [0.25, 0.3) is 0 Å². The maximum absolute atomic E-state index is 11.5. The minimum atomic E-state index is -3.23. The van der Waals surface area contributed by atoms with Crippen LogP contribution >= 0.6 is 0 Å². The van der Waals surface area contributed by atoms with Crippen LogP contribution in [0.1, 0.15) is 19.3 Å². The number of pyridine rings is 1. The Morgan fingerprint density at radius 2 is 2.11 bits per heavy atom. The van der Waals surface area contributed by atoms with Gasteiger partial charge in [-0.15, -0.1) is 0 Å². The Labute approximate surface area is 108 Å². The second-order valence-electron chi connectivity index (χ2n) is 4.10. The lowest BCUT2D eigenvalue weighted by Crippen LogP contribution is -2.09. The summed E-state index contributed by atoms with van der Waals surface area (Å²) in [5, 5.41) is 3.07. The largest absolute Gasteiger partial charge is 0.385 e. The van der Waals surface area contributed by atoms with Crippen LogP contribution in [0.5, 0.6) is 0 Å². The van der Waals surface area contributed by atoms with E-state index in [9.17, 15) is 8.42 Å². The zero-order valence-corrected chi connectivity index (χ0v) is 11.7. The molecule has 0 aromatic carbocycles. The average molecular weight is 272 g/mol. The summed E-state index contributed by atoms with van der Waals surface area (Å²) >= 11 is 0. The maximum atomic E-state index is 11.5. The third kappa shape index (κ3) is 5.01. The van der Waals surface area contributed by atoms with Gasteiger partial charge in [-0.1, -0.05) is 0 Å². The number of hydrogen-bond acceptors (Lipinski definition) is 5. The van der Waals surface area contributed by atoms with Gasteiger partial charge in [-0.3, -0.25) is 0 Å². The molecule has 0 spiro atoms. The van der Waals surface area contributed by atoms with Crippen LogP contribution in [-0.4, -0.2) is 39.9 Å². The highest BCUT2D eigenvalue weighted by Gasteiger charge is 2.12. The van der Waals surface area contributed by atoms with Gasteiger partial charge >= 0.3 is 0 Å². The second kappa shape index (κ2) is 7.33. The Bertz CT molecular complexity index is 460. The Morgan fingerprint density at radius 1 is 1.33 bits per heavy atom. The summed E-state index contributed by atoms with van der Waals surface area (Å²) in [5.74, 6) is 0.437. The first-order valence-electron chi connectivity index (χ1n) is 5.93. The smallest absolute Gasteiger partial charge is 0.179 e. The van der Waals surface area contributed by atoms with Crippen LogP contribution in [0.3, 0.4) is 0 Å². The molecule has 0 saturated heterocycles. The summed E-state index contributed by atoms with van der Waals surface area (Å²) in [6.45, 7) is 1.47. The first-order valence-corrected chi connectivity index (χ1v) is 7.82. The lowest BCUT2D eigenvalue weighted by atomic mass is 10.2. The van der Waals surface area contributed by atoms with Crippen molar-refractivity contribution < 1.29 is 13.2 Å². The number of methoxy groups -OCH3 is 1. The number of aromatic nitrogens is 1. The third-order valence-corrected chi connectivity index (χ3v) is 3.62. The van der Waals surface area contributed by atoms with Gasteiger partial charge in [-0.05, 0) is 31.4 Å². The summed E-state index contributed by atoms with van der Waals surface area (Å²) in [7, 11) is -1.54. The van der Waals surface area contributed by atoms with Crippen LogP contribution in [0.15, 0.2) is 23.2 Å². The second-order valence-corrected chi connectivity index (χ2v) is 6.09. The summed E-state index contributed by atoms with van der Waals surface area (Å²) in [5.41, 5.74) is 0. The summed E-state index contributed by atoms with van der Waals surface area (Å²) in [6.07, 6.45) is 5.79. The van der Waals surface area contributed by atoms with E-state index in [1.807, 2.05) is 0 Å². The van der Waals surface area contributed by atoms with E-state index in [-0.39, 0.29) is 4.90 Å². The quantitative estimate of drug-likeness (QED) is 0.730. The molecule has 1 heterocycles. The first kappa shape index (κ1) is 14.9. The Kier molecular flexibility index (Phi) is 6.07. The Balaban J connectivity index is 2.48. The van der Waals surface area contributed by atoms with E-state index in [0.717, 1.165) is 25.9 Å². The van der Waals surface area contributed by atoms with E-state index in [2.05, 4.69) is 10.3 Å². The van der Waals surface area contributed by atoms with E-state index < -0.39 is 9.84 Å². The van der Waals surface area contributed by atoms with Gasteiger partial charge in [0.1, 0.15) is 10.7 Å². The molecule has 1 N–H and O–H groups in total. The summed E-state index contributed by atoms with van der Waals surface area (Å²) in [6, 6.07) is 3.19.